The summed E-state index contributed by atoms with van der Waals surface area (Å²) < 4.78 is 10.6. The number of H-pyrrole nitrogens is 1. The first-order valence-corrected chi connectivity index (χ1v) is 9.08. The summed E-state index contributed by atoms with van der Waals surface area (Å²) in [6.07, 6.45) is 1.05. The maximum atomic E-state index is 11.2. The third kappa shape index (κ3) is 3.90. The van der Waals surface area contributed by atoms with Crippen LogP contribution in [0.5, 0.6) is 11.5 Å². The fraction of sp³-hybridized carbons (Fsp3) is 0.211. The number of nitrogens with zero attached hydrogens (tertiary/aromatic N) is 2. The number of aryl methyl sites for hydroxylation is 1. The van der Waals surface area contributed by atoms with E-state index in [4.69, 9.17) is 32.7 Å². The van der Waals surface area contributed by atoms with Crippen molar-refractivity contribution in [1.82, 2.24) is 10.2 Å². The second kappa shape index (κ2) is 8.50. The molecule has 1 heterocycles. The number of halogens is 2. The molecule has 3 rings (SSSR count). The van der Waals surface area contributed by atoms with Crippen LogP contribution in [-0.4, -0.2) is 29.3 Å². The van der Waals surface area contributed by atoms with Gasteiger partial charge in [0.2, 0.25) is 0 Å². The highest BCUT2D eigenvalue weighted by Crippen LogP contribution is 2.41. The number of nitro groups is 1. The number of aromatic amines is 1. The first-order chi connectivity index (χ1) is 13.5. The molecule has 0 aliphatic heterocycles. The number of nitrogens with one attached hydrogen (secondary N) is 1. The summed E-state index contributed by atoms with van der Waals surface area (Å²) in [5.41, 5.74) is 2.45. The second-order valence-corrected chi connectivity index (χ2v) is 6.70. The molecule has 0 spiro atoms. The third-order valence-electron chi connectivity index (χ3n) is 4.32. The molecule has 3 aromatic rings. The van der Waals surface area contributed by atoms with E-state index in [1.165, 1.54) is 20.3 Å². The van der Waals surface area contributed by atoms with Crippen molar-refractivity contribution in [2.24, 2.45) is 0 Å². The van der Waals surface area contributed by atoms with Gasteiger partial charge in [-0.3, -0.25) is 15.2 Å². The molecule has 0 amide bonds. The number of nitro benzene ring substituents is 1. The van der Waals surface area contributed by atoms with Gasteiger partial charge in [-0.15, -0.1) is 0 Å². The molecule has 9 heteroatoms. The Morgan fingerprint density at radius 1 is 1.07 bits per heavy atom. The molecule has 7 nitrogen and oxygen atoms in total. The first-order valence-electron chi connectivity index (χ1n) is 8.33. The molecule has 0 bridgehead atoms. The molecule has 0 radical (unpaired) electrons. The van der Waals surface area contributed by atoms with Gasteiger partial charge in [-0.1, -0.05) is 35.3 Å². The van der Waals surface area contributed by atoms with Crippen LogP contribution in [0.1, 0.15) is 11.3 Å². The summed E-state index contributed by atoms with van der Waals surface area (Å²) in [6, 6.07) is 9.89. The fourth-order valence-corrected chi connectivity index (χ4v) is 3.58. The van der Waals surface area contributed by atoms with Crippen molar-refractivity contribution in [3.63, 3.8) is 0 Å². The standard InChI is InChI=1S/C19H17Cl2N3O4/c1-27-16-10-17(28-2)19(21)13(18(16)20)8-7-11-9-14(23-22-11)12-5-3-4-6-15(12)24(25)26/h3-6,9-10H,7-8H2,1-2H3,(H,22,23). The molecule has 0 fully saturated rings. The van der Waals surface area contributed by atoms with Crippen molar-refractivity contribution in [3.8, 4) is 22.8 Å². The SMILES string of the molecule is COc1cc(OC)c(Cl)c(CCc2cc(-c3ccccc3[N+](=O)[O-])n[nH]2)c1Cl. The van der Waals surface area contributed by atoms with Crippen molar-refractivity contribution in [3.05, 3.63) is 67.8 Å². The lowest BCUT2D eigenvalue weighted by Gasteiger charge is -2.14. The Morgan fingerprint density at radius 2 is 1.71 bits per heavy atom. The Bertz CT molecular complexity index is 992. The summed E-state index contributed by atoms with van der Waals surface area (Å²) in [5, 5.41) is 19.2. The molecular formula is C19H17Cl2N3O4. The number of methoxy groups -OCH3 is 2. The molecule has 1 N–H and O–H groups in total. The Balaban J connectivity index is 1.86. The van der Waals surface area contributed by atoms with Gasteiger partial charge in [0.1, 0.15) is 11.5 Å². The Hall–Kier alpha value is -2.77. The molecule has 0 saturated carbocycles. The van der Waals surface area contributed by atoms with E-state index >= 15 is 0 Å². The van der Waals surface area contributed by atoms with E-state index < -0.39 is 4.92 Å². The van der Waals surface area contributed by atoms with E-state index in [1.54, 1.807) is 30.3 Å². The Labute approximate surface area is 171 Å². The minimum absolute atomic E-state index is 0.00386. The molecule has 0 aliphatic carbocycles. The number of rotatable bonds is 7. The molecule has 0 unspecified atom stereocenters. The van der Waals surface area contributed by atoms with Crippen LogP contribution in [0.3, 0.4) is 0 Å². The quantitative estimate of drug-likeness (QED) is 0.423. The van der Waals surface area contributed by atoms with E-state index in [0.29, 0.717) is 51.2 Å². The lowest BCUT2D eigenvalue weighted by Crippen LogP contribution is -1.98. The van der Waals surface area contributed by atoms with E-state index in [2.05, 4.69) is 10.2 Å². The van der Waals surface area contributed by atoms with Crippen molar-refractivity contribution >= 4 is 28.9 Å². The number of hydrogen-bond acceptors (Lipinski definition) is 5. The van der Waals surface area contributed by atoms with E-state index in [9.17, 15) is 10.1 Å². The summed E-state index contributed by atoms with van der Waals surface area (Å²) in [4.78, 5) is 10.8. The van der Waals surface area contributed by atoms with Crippen LogP contribution in [0.2, 0.25) is 10.0 Å². The van der Waals surface area contributed by atoms with Crippen LogP contribution in [0.15, 0.2) is 36.4 Å². The topological polar surface area (TPSA) is 90.3 Å². The number of hydrogen-bond donors (Lipinski definition) is 1. The van der Waals surface area contributed by atoms with Gasteiger partial charge in [-0.2, -0.15) is 5.10 Å². The summed E-state index contributed by atoms with van der Waals surface area (Å²) >= 11 is 12.8. The van der Waals surface area contributed by atoms with Gasteiger partial charge in [0, 0.05) is 17.8 Å². The monoisotopic (exact) mass is 421 g/mol. The lowest BCUT2D eigenvalue weighted by molar-refractivity contribution is -0.384. The van der Waals surface area contributed by atoms with E-state index in [1.807, 2.05) is 0 Å². The maximum absolute atomic E-state index is 11.2. The van der Waals surface area contributed by atoms with Crippen molar-refractivity contribution in [1.29, 1.82) is 0 Å². The minimum atomic E-state index is -0.425. The van der Waals surface area contributed by atoms with Gasteiger partial charge in [0.15, 0.2) is 0 Å². The van der Waals surface area contributed by atoms with E-state index in [0.717, 1.165) is 5.69 Å². The van der Waals surface area contributed by atoms with Crippen molar-refractivity contribution in [2.75, 3.05) is 14.2 Å². The second-order valence-electron chi connectivity index (χ2n) is 5.94. The summed E-state index contributed by atoms with van der Waals surface area (Å²) in [5.74, 6) is 0.950. The zero-order valence-electron chi connectivity index (χ0n) is 15.2. The van der Waals surface area contributed by atoms with Crippen LogP contribution in [0.4, 0.5) is 5.69 Å². The highest BCUT2D eigenvalue weighted by Gasteiger charge is 2.19. The van der Waals surface area contributed by atoms with Gasteiger partial charge in [0.05, 0.1) is 40.4 Å². The van der Waals surface area contributed by atoms with Gasteiger partial charge < -0.3 is 9.47 Å². The smallest absolute Gasteiger partial charge is 0.278 e. The van der Waals surface area contributed by atoms with Crippen molar-refractivity contribution in [2.45, 2.75) is 12.8 Å². The van der Waals surface area contributed by atoms with Gasteiger partial charge in [0.25, 0.3) is 5.69 Å². The predicted octanol–water partition coefficient (Wildman–Crippen LogP) is 5.09. The molecule has 28 heavy (non-hydrogen) atoms. The molecular weight excluding hydrogens is 405 g/mol. The zero-order valence-corrected chi connectivity index (χ0v) is 16.7. The third-order valence-corrected chi connectivity index (χ3v) is 5.15. The largest absolute Gasteiger partial charge is 0.495 e. The number of benzene rings is 2. The average molecular weight is 422 g/mol. The van der Waals surface area contributed by atoms with Crippen LogP contribution >= 0.6 is 23.2 Å². The Morgan fingerprint density at radius 3 is 2.32 bits per heavy atom. The molecule has 1 aromatic heterocycles. The van der Waals surface area contributed by atoms with Crippen LogP contribution in [0, 0.1) is 10.1 Å². The van der Waals surface area contributed by atoms with Gasteiger partial charge in [-0.25, -0.2) is 0 Å². The first kappa shape index (κ1) is 20.0. The molecule has 146 valence electrons. The highest BCUT2D eigenvalue weighted by molar-refractivity contribution is 6.37. The highest BCUT2D eigenvalue weighted by atomic mass is 35.5. The molecule has 0 atom stereocenters. The summed E-state index contributed by atoms with van der Waals surface area (Å²) in [7, 11) is 3.04. The molecule has 0 aliphatic rings. The summed E-state index contributed by atoms with van der Waals surface area (Å²) in [6.45, 7) is 0. The maximum Gasteiger partial charge on any atom is 0.278 e. The normalized spacial score (nSPS) is 10.7. The fourth-order valence-electron chi connectivity index (χ4n) is 2.89. The van der Waals surface area contributed by atoms with Gasteiger partial charge in [-0.05, 0) is 30.5 Å². The number of ether oxygens (including phenoxy) is 2. The molecule has 0 saturated heterocycles. The predicted molar refractivity (Wildman–Crippen MR) is 108 cm³/mol. The number of para-hydroxylation sites is 1. The van der Waals surface area contributed by atoms with Crippen LogP contribution in [0.25, 0.3) is 11.3 Å². The van der Waals surface area contributed by atoms with Crippen molar-refractivity contribution < 1.29 is 14.4 Å². The Kier molecular flexibility index (Phi) is 6.06. The zero-order chi connectivity index (χ0) is 20.3. The van der Waals surface area contributed by atoms with Crippen LogP contribution < -0.4 is 9.47 Å². The van der Waals surface area contributed by atoms with Crippen LogP contribution in [-0.2, 0) is 12.8 Å². The molecule has 2 aromatic carbocycles. The number of aromatic nitrogens is 2. The minimum Gasteiger partial charge on any atom is -0.495 e. The average Bonchev–Trinajstić information content (AvgIpc) is 3.17. The van der Waals surface area contributed by atoms with Gasteiger partial charge >= 0.3 is 0 Å². The lowest BCUT2D eigenvalue weighted by atomic mass is 10.1. The van der Waals surface area contributed by atoms with E-state index in [-0.39, 0.29) is 5.69 Å².